The van der Waals surface area contributed by atoms with Crippen molar-refractivity contribution in [2.24, 2.45) is 0 Å². The first-order chi connectivity index (χ1) is 8.52. The summed E-state index contributed by atoms with van der Waals surface area (Å²) in [5.74, 6) is -1.07. The number of halogens is 1. The van der Waals surface area contributed by atoms with Gasteiger partial charge in [-0.3, -0.25) is 9.59 Å². The smallest absolute Gasteiger partial charge is 0.299 e. The average Bonchev–Trinajstić information content (AvgIpc) is 2.55. The SMILES string of the molecule is CC(=O)CCCN1C(=O)C(=O)c2c(Cl)cccc21. The molecule has 0 radical (unpaired) electrons. The third-order valence-corrected chi connectivity index (χ3v) is 3.17. The van der Waals surface area contributed by atoms with Crippen LogP contribution in [0.1, 0.15) is 30.1 Å². The minimum Gasteiger partial charge on any atom is -0.305 e. The van der Waals surface area contributed by atoms with E-state index in [9.17, 15) is 14.4 Å². The van der Waals surface area contributed by atoms with Crippen LogP contribution in [-0.2, 0) is 9.59 Å². The molecule has 4 nitrogen and oxygen atoms in total. The van der Waals surface area contributed by atoms with Gasteiger partial charge in [0, 0.05) is 13.0 Å². The van der Waals surface area contributed by atoms with Crippen LogP contribution in [-0.4, -0.2) is 24.0 Å². The number of carbonyl (C=O) groups excluding carboxylic acids is 3. The van der Waals surface area contributed by atoms with E-state index in [2.05, 4.69) is 0 Å². The van der Waals surface area contributed by atoms with E-state index >= 15 is 0 Å². The van der Waals surface area contributed by atoms with Gasteiger partial charge in [-0.15, -0.1) is 0 Å². The minimum absolute atomic E-state index is 0.0688. The van der Waals surface area contributed by atoms with Gasteiger partial charge in [-0.05, 0) is 25.5 Å². The molecule has 1 aromatic carbocycles. The van der Waals surface area contributed by atoms with Gasteiger partial charge in [0.2, 0.25) is 0 Å². The monoisotopic (exact) mass is 265 g/mol. The molecule has 0 aliphatic carbocycles. The Morgan fingerprint density at radius 1 is 1.33 bits per heavy atom. The summed E-state index contributed by atoms with van der Waals surface area (Å²) in [7, 11) is 0. The molecule has 0 saturated heterocycles. The highest BCUT2D eigenvalue weighted by molar-refractivity contribution is 6.55. The highest BCUT2D eigenvalue weighted by Crippen LogP contribution is 2.34. The van der Waals surface area contributed by atoms with Crippen LogP contribution in [0.15, 0.2) is 18.2 Å². The highest BCUT2D eigenvalue weighted by atomic mass is 35.5. The maximum absolute atomic E-state index is 11.8. The predicted molar refractivity (Wildman–Crippen MR) is 68.1 cm³/mol. The first kappa shape index (κ1) is 12.8. The number of benzene rings is 1. The third-order valence-electron chi connectivity index (χ3n) is 2.86. The van der Waals surface area contributed by atoms with Crippen LogP contribution >= 0.6 is 11.6 Å². The largest absolute Gasteiger partial charge is 0.305 e. The van der Waals surface area contributed by atoms with Gasteiger partial charge in [0.25, 0.3) is 11.7 Å². The van der Waals surface area contributed by atoms with Crippen molar-refractivity contribution in [2.75, 3.05) is 11.4 Å². The lowest BCUT2D eigenvalue weighted by molar-refractivity contribution is -0.117. The summed E-state index contributed by atoms with van der Waals surface area (Å²) in [5.41, 5.74) is 0.813. The molecule has 18 heavy (non-hydrogen) atoms. The highest BCUT2D eigenvalue weighted by Gasteiger charge is 2.36. The van der Waals surface area contributed by atoms with Crippen molar-refractivity contribution in [3.05, 3.63) is 28.8 Å². The normalized spacial score (nSPS) is 14.0. The molecule has 0 atom stereocenters. The van der Waals surface area contributed by atoms with E-state index in [1.807, 2.05) is 0 Å². The van der Waals surface area contributed by atoms with E-state index in [1.54, 1.807) is 18.2 Å². The van der Waals surface area contributed by atoms with Crippen molar-refractivity contribution in [3.8, 4) is 0 Å². The number of amides is 1. The molecule has 5 heteroatoms. The fourth-order valence-corrected chi connectivity index (χ4v) is 2.26. The molecule has 2 rings (SSSR count). The number of Topliss-reactive ketones (excluding diaryl/α,β-unsaturated/α-hetero) is 2. The number of rotatable bonds is 4. The van der Waals surface area contributed by atoms with Crippen LogP contribution in [0.3, 0.4) is 0 Å². The molecule has 1 heterocycles. The molecule has 1 aliphatic heterocycles. The van der Waals surface area contributed by atoms with E-state index in [1.165, 1.54) is 11.8 Å². The van der Waals surface area contributed by atoms with Crippen molar-refractivity contribution < 1.29 is 14.4 Å². The van der Waals surface area contributed by atoms with Crippen molar-refractivity contribution in [3.63, 3.8) is 0 Å². The second-order valence-corrected chi connectivity index (χ2v) is 4.63. The fourth-order valence-electron chi connectivity index (χ4n) is 2.01. The Kier molecular flexibility index (Phi) is 3.48. The predicted octanol–water partition coefficient (Wildman–Crippen LogP) is 2.24. The van der Waals surface area contributed by atoms with Gasteiger partial charge < -0.3 is 9.69 Å². The van der Waals surface area contributed by atoms with Gasteiger partial charge in [0.05, 0.1) is 16.3 Å². The number of hydrogen-bond donors (Lipinski definition) is 0. The van der Waals surface area contributed by atoms with E-state index in [-0.39, 0.29) is 11.3 Å². The van der Waals surface area contributed by atoms with Crippen LogP contribution in [0.5, 0.6) is 0 Å². The van der Waals surface area contributed by atoms with Crippen LogP contribution in [0.4, 0.5) is 5.69 Å². The third kappa shape index (κ3) is 2.16. The Labute approximate surface area is 110 Å². The number of fused-ring (bicyclic) bond motifs is 1. The minimum atomic E-state index is -0.571. The standard InChI is InChI=1S/C13H12ClNO3/c1-8(16)4-3-7-15-10-6-2-5-9(14)11(10)12(17)13(15)18/h2,5-6H,3-4,7H2,1H3. The second-order valence-electron chi connectivity index (χ2n) is 4.23. The Morgan fingerprint density at radius 3 is 2.72 bits per heavy atom. The van der Waals surface area contributed by atoms with Crippen LogP contribution < -0.4 is 4.90 Å². The van der Waals surface area contributed by atoms with Gasteiger partial charge in [0.1, 0.15) is 5.78 Å². The van der Waals surface area contributed by atoms with Crippen molar-refractivity contribution in [2.45, 2.75) is 19.8 Å². The lowest BCUT2D eigenvalue weighted by Crippen LogP contribution is -2.30. The quantitative estimate of drug-likeness (QED) is 0.785. The van der Waals surface area contributed by atoms with Crippen LogP contribution in [0, 0.1) is 0 Å². The molecule has 0 fully saturated rings. The van der Waals surface area contributed by atoms with E-state index in [0.717, 1.165) is 0 Å². The zero-order valence-corrected chi connectivity index (χ0v) is 10.7. The first-order valence-electron chi connectivity index (χ1n) is 5.66. The Bertz CT molecular complexity index is 539. The molecule has 0 aromatic heterocycles. The van der Waals surface area contributed by atoms with Gasteiger partial charge in [-0.1, -0.05) is 17.7 Å². The lowest BCUT2D eigenvalue weighted by atomic mass is 10.1. The number of nitrogens with zero attached hydrogens (tertiary/aromatic N) is 1. The molecule has 1 aliphatic rings. The van der Waals surface area contributed by atoms with Crippen LogP contribution in [0.25, 0.3) is 0 Å². The van der Waals surface area contributed by atoms with Crippen molar-refractivity contribution in [1.29, 1.82) is 0 Å². The van der Waals surface area contributed by atoms with Gasteiger partial charge in [-0.2, -0.15) is 0 Å². The topological polar surface area (TPSA) is 54.5 Å². The molecule has 0 spiro atoms. The second kappa shape index (κ2) is 4.90. The summed E-state index contributed by atoms with van der Waals surface area (Å²) in [6.45, 7) is 1.86. The first-order valence-corrected chi connectivity index (χ1v) is 6.04. The molecule has 94 valence electrons. The number of anilines is 1. The molecule has 0 bridgehead atoms. The zero-order chi connectivity index (χ0) is 13.3. The van der Waals surface area contributed by atoms with E-state index in [0.29, 0.717) is 30.1 Å². The summed E-state index contributed by atoms with van der Waals surface area (Å²) in [6, 6.07) is 4.98. The fraction of sp³-hybridized carbons (Fsp3) is 0.308. The summed E-state index contributed by atoms with van der Waals surface area (Å²) >= 11 is 5.93. The zero-order valence-electron chi connectivity index (χ0n) is 9.90. The molecule has 0 unspecified atom stereocenters. The molecular weight excluding hydrogens is 254 g/mol. The summed E-state index contributed by atoms with van der Waals surface area (Å²) < 4.78 is 0. The molecular formula is C13H12ClNO3. The lowest BCUT2D eigenvalue weighted by Gasteiger charge is -2.15. The maximum Gasteiger partial charge on any atom is 0.299 e. The summed E-state index contributed by atoms with van der Waals surface area (Å²) in [5, 5.41) is 0.292. The molecule has 0 saturated carbocycles. The Morgan fingerprint density at radius 2 is 2.06 bits per heavy atom. The van der Waals surface area contributed by atoms with E-state index < -0.39 is 11.7 Å². The van der Waals surface area contributed by atoms with Gasteiger partial charge in [0.15, 0.2) is 0 Å². The molecule has 1 amide bonds. The Balaban J connectivity index is 2.24. The van der Waals surface area contributed by atoms with Gasteiger partial charge >= 0.3 is 0 Å². The average molecular weight is 266 g/mol. The number of carbonyl (C=O) groups is 3. The van der Waals surface area contributed by atoms with Crippen molar-refractivity contribution >= 4 is 34.8 Å². The molecule has 0 N–H and O–H groups in total. The summed E-state index contributed by atoms with van der Waals surface area (Å²) in [6.07, 6.45) is 0.939. The Hall–Kier alpha value is -1.68. The van der Waals surface area contributed by atoms with Gasteiger partial charge in [-0.25, -0.2) is 0 Å². The van der Waals surface area contributed by atoms with E-state index in [4.69, 9.17) is 11.6 Å². The number of ketones is 2. The number of hydrogen-bond acceptors (Lipinski definition) is 3. The van der Waals surface area contributed by atoms with Crippen molar-refractivity contribution in [1.82, 2.24) is 0 Å². The van der Waals surface area contributed by atoms with Crippen LogP contribution in [0.2, 0.25) is 5.02 Å². The summed E-state index contributed by atoms with van der Waals surface area (Å²) in [4.78, 5) is 35.9. The molecule has 1 aromatic rings. The maximum atomic E-state index is 11.8.